The first kappa shape index (κ1) is 10.8. The Morgan fingerprint density at radius 2 is 2.36 bits per heavy atom. The predicted molar refractivity (Wildman–Crippen MR) is 54.8 cm³/mol. The zero-order chi connectivity index (χ0) is 10.4. The number of rotatable bonds is 5. The molecule has 1 amide bonds. The molecule has 0 aromatic carbocycles. The Kier molecular flexibility index (Phi) is 4.16. The van der Waals surface area contributed by atoms with Gasteiger partial charge in [0.05, 0.1) is 0 Å². The van der Waals surface area contributed by atoms with E-state index in [1.807, 2.05) is 13.1 Å². The number of carbonyl (C=O) groups excluding carboxylic acids is 1. The average Bonchev–Trinajstić information content (AvgIpc) is 2.66. The predicted octanol–water partition coefficient (Wildman–Crippen LogP) is 1.14. The van der Waals surface area contributed by atoms with Gasteiger partial charge >= 0.3 is 0 Å². The molecule has 1 heterocycles. The Morgan fingerprint density at radius 3 is 2.93 bits per heavy atom. The minimum absolute atomic E-state index is 0.113. The number of carbonyl (C=O) groups is 1. The van der Waals surface area contributed by atoms with Crippen LogP contribution in [0.5, 0.6) is 0 Å². The van der Waals surface area contributed by atoms with E-state index in [1.165, 1.54) is 0 Å². The minimum Gasteiger partial charge on any atom is -0.344 e. The van der Waals surface area contributed by atoms with Gasteiger partial charge in [0.15, 0.2) is 0 Å². The van der Waals surface area contributed by atoms with Crippen LogP contribution in [0.15, 0.2) is 18.5 Å². The second-order valence-electron chi connectivity index (χ2n) is 3.37. The molecule has 0 radical (unpaired) electrons. The maximum Gasteiger partial charge on any atom is 0.244 e. The molecule has 0 aliphatic heterocycles. The van der Waals surface area contributed by atoms with Crippen LogP contribution in [-0.2, 0) is 11.3 Å². The molecule has 0 unspecified atom stereocenters. The zero-order valence-corrected chi connectivity index (χ0v) is 8.81. The molecule has 14 heavy (non-hydrogen) atoms. The van der Waals surface area contributed by atoms with Crippen LogP contribution < -0.4 is 0 Å². The Bertz CT molecular complexity index is 269. The van der Waals surface area contributed by atoms with Crippen LogP contribution in [0.3, 0.4) is 0 Å². The third-order valence-corrected chi connectivity index (χ3v) is 2.13. The van der Waals surface area contributed by atoms with Crippen molar-refractivity contribution in [1.82, 2.24) is 14.7 Å². The van der Waals surface area contributed by atoms with Crippen molar-refractivity contribution in [3.8, 4) is 0 Å². The van der Waals surface area contributed by atoms with Crippen LogP contribution >= 0.6 is 0 Å². The van der Waals surface area contributed by atoms with Crippen molar-refractivity contribution < 1.29 is 4.79 Å². The minimum atomic E-state index is 0.113. The van der Waals surface area contributed by atoms with Crippen molar-refractivity contribution in [3.63, 3.8) is 0 Å². The maximum absolute atomic E-state index is 11.6. The van der Waals surface area contributed by atoms with Crippen molar-refractivity contribution >= 4 is 5.91 Å². The van der Waals surface area contributed by atoms with E-state index >= 15 is 0 Å². The molecule has 1 aromatic heterocycles. The first-order valence-corrected chi connectivity index (χ1v) is 4.95. The van der Waals surface area contributed by atoms with Crippen molar-refractivity contribution in [2.75, 3.05) is 13.6 Å². The lowest BCUT2D eigenvalue weighted by Gasteiger charge is -2.16. The van der Waals surface area contributed by atoms with Gasteiger partial charge in [0.2, 0.25) is 5.91 Å². The van der Waals surface area contributed by atoms with Gasteiger partial charge in [0, 0.05) is 26.0 Å². The van der Waals surface area contributed by atoms with Crippen LogP contribution in [0.25, 0.3) is 0 Å². The summed E-state index contributed by atoms with van der Waals surface area (Å²) >= 11 is 0. The first-order chi connectivity index (χ1) is 6.74. The lowest BCUT2D eigenvalue weighted by atomic mass is 10.3. The fourth-order valence-electron chi connectivity index (χ4n) is 1.17. The molecule has 4 heteroatoms. The van der Waals surface area contributed by atoms with E-state index < -0.39 is 0 Å². The SMILES string of the molecule is CCCCN(C)C(=O)Cn1cccn1. The van der Waals surface area contributed by atoms with Crippen LogP contribution in [0.2, 0.25) is 0 Å². The van der Waals surface area contributed by atoms with E-state index in [9.17, 15) is 4.79 Å². The van der Waals surface area contributed by atoms with Gasteiger partial charge in [-0.15, -0.1) is 0 Å². The quantitative estimate of drug-likeness (QED) is 0.706. The number of unbranched alkanes of at least 4 members (excludes halogenated alkanes) is 1. The van der Waals surface area contributed by atoms with Gasteiger partial charge in [0.25, 0.3) is 0 Å². The van der Waals surface area contributed by atoms with E-state index in [1.54, 1.807) is 22.0 Å². The topological polar surface area (TPSA) is 38.1 Å². The van der Waals surface area contributed by atoms with Crippen molar-refractivity contribution in [3.05, 3.63) is 18.5 Å². The fourth-order valence-corrected chi connectivity index (χ4v) is 1.17. The second-order valence-corrected chi connectivity index (χ2v) is 3.37. The number of hydrogen-bond acceptors (Lipinski definition) is 2. The van der Waals surface area contributed by atoms with E-state index in [0.29, 0.717) is 6.54 Å². The molecule has 1 aromatic rings. The smallest absolute Gasteiger partial charge is 0.244 e. The van der Waals surface area contributed by atoms with Gasteiger partial charge in [-0.1, -0.05) is 13.3 Å². The fraction of sp³-hybridized carbons (Fsp3) is 0.600. The Balaban J connectivity index is 2.34. The Hall–Kier alpha value is -1.32. The number of likely N-dealkylation sites (N-methyl/N-ethyl adjacent to an activating group) is 1. The molecule has 0 aliphatic carbocycles. The number of amides is 1. The van der Waals surface area contributed by atoms with Gasteiger partial charge in [-0.2, -0.15) is 5.10 Å². The highest BCUT2D eigenvalue weighted by atomic mass is 16.2. The number of aromatic nitrogens is 2. The molecule has 0 aliphatic rings. The number of hydrogen-bond donors (Lipinski definition) is 0. The Labute approximate surface area is 84.5 Å². The zero-order valence-electron chi connectivity index (χ0n) is 8.81. The molecule has 0 atom stereocenters. The number of nitrogens with zero attached hydrogens (tertiary/aromatic N) is 3. The van der Waals surface area contributed by atoms with Crippen molar-refractivity contribution in [2.45, 2.75) is 26.3 Å². The normalized spacial score (nSPS) is 10.1. The van der Waals surface area contributed by atoms with Crippen LogP contribution in [0, 0.1) is 0 Å². The molecular formula is C10H17N3O. The third-order valence-electron chi connectivity index (χ3n) is 2.13. The lowest BCUT2D eigenvalue weighted by molar-refractivity contribution is -0.130. The summed E-state index contributed by atoms with van der Waals surface area (Å²) in [6, 6.07) is 1.82. The summed E-state index contributed by atoms with van der Waals surface area (Å²) in [7, 11) is 1.83. The third kappa shape index (κ3) is 3.20. The summed E-state index contributed by atoms with van der Waals surface area (Å²) < 4.78 is 1.64. The highest BCUT2D eigenvalue weighted by molar-refractivity contribution is 5.75. The first-order valence-electron chi connectivity index (χ1n) is 4.95. The molecule has 0 N–H and O–H groups in total. The summed E-state index contributed by atoms with van der Waals surface area (Å²) in [4.78, 5) is 13.3. The molecule has 0 saturated carbocycles. The summed E-state index contributed by atoms with van der Waals surface area (Å²) in [5, 5.41) is 3.99. The highest BCUT2D eigenvalue weighted by Gasteiger charge is 2.08. The molecule has 1 rings (SSSR count). The molecule has 0 saturated heterocycles. The van der Waals surface area contributed by atoms with Gasteiger partial charge in [0.1, 0.15) is 6.54 Å². The van der Waals surface area contributed by atoms with Gasteiger partial charge in [-0.05, 0) is 12.5 Å². The second kappa shape index (κ2) is 5.42. The van der Waals surface area contributed by atoms with Crippen molar-refractivity contribution in [2.24, 2.45) is 0 Å². The molecule has 0 spiro atoms. The molecule has 0 bridgehead atoms. The van der Waals surface area contributed by atoms with Crippen LogP contribution in [-0.4, -0.2) is 34.2 Å². The molecule has 78 valence electrons. The van der Waals surface area contributed by atoms with Gasteiger partial charge in [-0.3, -0.25) is 9.48 Å². The van der Waals surface area contributed by atoms with Crippen molar-refractivity contribution in [1.29, 1.82) is 0 Å². The monoisotopic (exact) mass is 195 g/mol. The lowest BCUT2D eigenvalue weighted by Crippen LogP contribution is -2.31. The van der Waals surface area contributed by atoms with E-state index in [2.05, 4.69) is 12.0 Å². The highest BCUT2D eigenvalue weighted by Crippen LogP contribution is 1.94. The van der Waals surface area contributed by atoms with Crippen LogP contribution in [0.4, 0.5) is 0 Å². The van der Waals surface area contributed by atoms with Gasteiger partial charge < -0.3 is 4.90 Å². The molecule has 4 nitrogen and oxygen atoms in total. The average molecular weight is 195 g/mol. The largest absolute Gasteiger partial charge is 0.344 e. The summed E-state index contributed by atoms with van der Waals surface area (Å²) in [6.45, 7) is 3.29. The summed E-state index contributed by atoms with van der Waals surface area (Å²) in [6.07, 6.45) is 5.64. The van der Waals surface area contributed by atoms with E-state index in [4.69, 9.17) is 0 Å². The molecule has 0 fully saturated rings. The summed E-state index contributed by atoms with van der Waals surface area (Å²) in [5.74, 6) is 0.113. The standard InChI is InChI=1S/C10H17N3O/c1-3-4-7-12(2)10(14)9-13-8-5-6-11-13/h5-6,8H,3-4,7,9H2,1-2H3. The summed E-state index contributed by atoms with van der Waals surface area (Å²) in [5.41, 5.74) is 0. The molecular weight excluding hydrogens is 178 g/mol. The maximum atomic E-state index is 11.6. The van der Waals surface area contributed by atoms with Crippen LogP contribution in [0.1, 0.15) is 19.8 Å². The van der Waals surface area contributed by atoms with E-state index in [-0.39, 0.29) is 5.91 Å². The Morgan fingerprint density at radius 1 is 1.57 bits per heavy atom. The van der Waals surface area contributed by atoms with Gasteiger partial charge in [-0.25, -0.2) is 0 Å². The van der Waals surface area contributed by atoms with E-state index in [0.717, 1.165) is 19.4 Å².